The molecule has 0 bridgehead atoms. The van der Waals surface area contributed by atoms with Crippen LogP contribution in [0.1, 0.15) is 23.2 Å². The number of carbonyl (C=O) groups excluding carboxylic acids is 1. The molecule has 25 heavy (non-hydrogen) atoms. The lowest BCUT2D eigenvalue weighted by Crippen LogP contribution is -2.41. The standard InChI is InChI=1S/C16H24ClN3O4S/c1-18-10-12-6-5-7-20(12)25(22,23)14-9-11(17)8-13(15(14)24-4)16(21)19(2)3/h8-9,12,18H,5-7,10H2,1-4H3. The van der Waals surface area contributed by atoms with Gasteiger partial charge in [0.1, 0.15) is 4.90 Å². The van der Waals surface area contributed by atoms with E-state index in [1.807, 2.05) is 0 Å². The van der Waals surface area contributed by atoms with Crippen molar-refractivity contribution in [1.82, 2.24) is 14.5 Å². The van der Waals surface area contributed by atoms with E-state index in [-0.39, 0.29) is 33.2 Å². The van der Waals surface area contributed by atoms with Crippen molar-refractivity contribution in [2.75, 3.05) is 41.3 Å². The van der Waals surface area contributed by atoms with E-state index in [4.69, 9.17) is 16.3 Å². The fraction of sp³-hybridized carbons (Fsp3) is 0.562. The smallest absolute Gasteiger partial charge is 0.257 e. The highest BCUT2D eigenvalue weighted by Gasteiger charge is 2.38. The van der Waals surface area contributed by atoms with Crippen LogP contribution in [0.2, 0.25) is 5.02 Å². The molecule has 1 aliphatic rings. The third-order valence-corrected chi connectivity index (χ3v) is 6.39. The van der Waals surface area contributed by atoms with Crippen LogP contribution in [0.4, 0.5) is 0 Å². The van der Waals surface area contributed by atoms with Crippen LogP contribution in [0.5, 0.6) is 5.75 Å². The molecule has 1 amide bonds. The lowest BCUT2D eigenvalue weighted by molar-refractivity contribution is 0.0823. The van der Waals surface area contributed by atoms with E-state index in [0.717, 1.165) is 12.8 Å². The van der Waals surface area contributed by atoms with E-state index in [0.29, 0.717) is 13.1 Å². The number of nitrogens with one attached hydrogen (secondary N) is 1. The molecule has 1 aromatic carbocycles. The first-order valence-electron chi connectivity index (χ1n) is 7.99. The first kappa shape index (κ1) is 20.0. The highest BCUT2D eigenvalue weighted by atomic mass is 35.5. The van der Waals surface area contributed by atoms with Gasteiger partial charge in [-0.15, -0.1) is 0 Å². The van der Waals surface area contributed by atoms with Gasteiger partial charge in [0, 0.05) is 38.2 Å². The molecule has 1 aromatic rings. The molecular weight excluding hydrogens is 366 g/mol. The topological polar surface area (TPSA) is 79.0 Å². The van der Waals surface area contributed by atoms with Crippen molar-refractivity contribution < 1.29 is 17.9 Å². The maximum Gasteiger partial charge on any atom is 0.257 e. The van der Waals surface area contributed by atoms with E-state index in [2.05, 4.69) is 5.32 Å². The van der Waals surface area contributed by atoms with Crippen molar-refractivity contribution >= 4 is 27.5 Å². The molecule has 0 radical (unpaired) electrons. The molecule has 1 N–H and O–H groups in total. The summed E-state index contributed by atoms with van der Waals surface area (Å²) >= 11 is 6.12. The number of rotatable bonds is 6. The highest BCUT2D eigenvalue weighted by Crippen LogP contribution is 2.36. The number of amides is 1. The zero-order valence-electron chi connectivity index (χ0n) is 14.9. The molecule has 0 saturated carbocycles. The van der Waals surface area contributed by atoms with Gasteiger partial charge in [-0.25, -0.2) is 8.42 Å². The zero-order valence-corrected chi connectivity index (χ0v) is 16.4. The van der Waals surface area contributed by atoms with Crippen molar-refractivity contribution in [1.29, 1.82) is 0 Å². The highest BCUT2D eigenvalue weighted by molar-refractivity contribution is 7.89. The largest absolute Gasteiger partial charge is 0.494 e. The van der Waals surface area contributed by atoms with Crippen molar-refractivity contribution in [3.05, 3.63) is 22.7 Å². The monoisotopic (exact) mass is 389 g/mol. The maximum atomic E-state index is 13.2. The Hall–Kier alpha value is -1.35. The van der Waals surface area contributed by atoms with Gasteiger partial charge in [0.15, 0.2) is 5.75 Å². The molecule has 1 unspecified atom stereocenters. The zero-order chi connectivity index (χ0) is 18.8. The second-order valence-corrected chi connectivity index (χ2v) is 8.45. The minimum absolute atomic E-state index is 0.0261. The number of methoxy groups -OCH3 is 1. The molecule has 1 fully saturated rings. The summed E-state index contributed by atoms with van der Waals surface area (Å²) in [4.78, 5) is 13.7. The summed E-state index contributed by atoms with van der Waals surface area (Å²) < 4.78 is 33.2. The second-order valence-electron chi connectivity index (χ2n) is 6.15. The lowest BCUT2D eigenvalue weighted by atomic mass is 10.2. The summed E-state index contributed by atoms with van der Waals surface area (Å²) in [7, 11) is 2.46. The van der Waals surface area contributed by atoms with E-state index in [1.165, 1.54) is 28.4 Å². The summed E-state index contributed by atoms with van der Waals surface area (Å²) in [5, 5.41) is 3.20. The number of hydrogen-bond donors (Lipinski definition) is 1. The minimum Gasteiger partial charge on any atom is -0.494 e. The van der Waals surface area contributed by atoms with E-state index >= 15 is 0 Å². The van der Waals surface area contributed by atoms with Crippen LogP contribution in [0.25, 0.3) is 0 Å². The third-order valence-electron chi connectivity index (χ3n) is 4.21. The van der Waals surface area contributed by atoms with E-state index in [1.54, 1.807) is 21.1 Å². The van der Waals surface area contributed by atoms with Crippen molar-refractivity contribution in [3.8, 4) is 5.75 Å². The first-order valence-corrected chi connectivity index (χ1v) is 9.81. The summed E-state index contributed by atoms with van der Waals surface area (Å²) in [5.74, 6) is -0.345. The molecule has 0 aliphatic carbocycles. The van der Waals surface area contributed by atoms with Gasteiger partial charge in [0.05, 0.1) is 12.7 Å². The Balaban J connectivity index is 2.59. The number of halogens is 1. The number of ether oxygens (including phenoxy) is 1. The molecule has 140 valence electrons. The summed E-state index contributed by atoms with van der Waals surface area (Å²) in [6.45, 7) is 0.993. The fourth-order valence-corrected chi connectivity index (χ4v) is 5.24. The predicted octanol–water partition coefficient (Wildman–Crippen LogP) is 1.42. The third kappa shape index (κ3) is 3.92. The van der Waals surface area contributed by atoms with Gasteiger partial charge in [-0.1, -0.05) is 11.6 Å². The van der Waals surface area contributed by atoms with Crippen molar-refractivity contribution in [2.24, 2.45) is 0 Å². The maximum absolute atomic E-state index is 13.2. The van der Waals surface area contributed by atoms with Crippen LogP contribution < -0.4 is 10.1 Å². The van der Waals surface area contributed by atoms with Gasteiger partial charge in [-0.2, -0.15) is 4.31 Å². The summed E-state index contributed by atoms with van der Waals surface area (Å²) in [6.07, 6.45) is 1.57. The first-order chi connectivity index (χ1) is 11.7. The SMILES string of the molecule is CNCC1CCCN1S(=O)(=O)c1cc(Cl)cc(C(=O)N(C)C)c1OC. The predicted molar refractivity (Wildman–Crippen MR) is 96.9 cm³/mol. The number of sulfonamides is 1. The molecule has 1 aliphatic heterocycles. The van der Waals surface area contributed by atoms with Crippen LogP contribution in [-0.4, -0.2) is 70.9 Å². The van der Waals surface area contributed by atoms with Gasteiger partial charge < -0.3 is 15.0 Å². The molecule has 2 rings (SSSR count). The Kier molecular flexibility index (Phi) is 6.31. The fourth-order valence-electron chi connectivity index (χ4n) is 3.06. The van der Waals surface area contributed by atoms with Crippen LogP contribution >= 0.6 is 11.6 Å². The molecule has 9 heteroatoms. The number of benzene rings is 1. The van der Waals surface area contributed by atoms with E-state index in [9.17, 15) is 13.2 Å². The normalized spacial score (nSPS) is 18.4. The second kappa shape index (κ2) is 7.90. The van der Waals surface area contributed by atoms with Crippen molar-refractivity contribution in [3.63, 3.8) is 0 Å². The molecule has 1 atom stereocenters. The number of hydrogen-bond acceptors (Lipinski definition) is 5. The Labute approximate surface area is 153 Å². The molecule has 1 saturated heterocycles. The average molecular weight is 390 g/mol. The Morgan fingerprint density at radius 2 is 2.12 bits per heavy atom. The quantitative estimate of drug-likeness (QED) is 0.796. The van der Waals surface area contributed by atoms with E-state index < -0.39 is 10.0 Å². The Morgan fingerprint density at radius 1 is 1.44 bits per heavy atom. The minimum atomic E-state index is -3.84. The van der Waals surface area contributed by atoms with Crippen LogP contribution in [0.3, 0.4) is 0 Å². The molecule has 1 heterocycles. The molecule has 0 aromatic heterocycles. The van der Waals surface area contributed by atoms with Gasteiger partial charge in [-0.3, -0.25) is 4.79 Å². The van der Waals surface area contributed by atoms with Gasteiger partial charge in [0.2, 0.25) is 10.0 Å². The molecule has 0 spiro atoms. The summed E-state index contributed by atoms with van der Waals surface area (Å²) in [6, 6.07) is 2.64. The van der Waals surface area contributed by atoms with Crippen LogP contribution in [0.15, 0.2) is 17.0 Å². The lowest BCUT2D eigenvalue weighted by Gasteiger charge is -2.25. The Morgan fingerprint density at radius 3 is 2.68 bits per heavy atom. The van der Waals surface area contributed by atoms with Gasteiger partial charge >= 0.3 is 0 Å². The molecular formula is C16H24ClN3O4S. The number of likely N-dealkylation sites (N-methyl/N-ethyl adjacent to an activating group) is 1. The van der Waals surface area contributed by atoms with Crippen LogP contribution in [0, 0.1) is 0 Å². The number of carbonyl (C=O) groups is 1. The molecule has 7 nitrogen and oxygen atoms in total. The van der Waals surface area contributed by atoms with Crippen LogP contribution in [-0.2, 0) is 10.0 Å². The van der Waals surface area contributed by atoms with Crippen molar-refractivity contribution in [2.45, 2.75) is 23.8 Å². The van der Waals surface area contributed by atoms with Gasteiger partial charge in [0.25, 0.3) is 5.91 Å². The average Bonchev–Trinajstić information content (AvgIpc) is 3.02. The van der Waals surface area contributed by atoms with Gasteiger partial charge in [-0.05, 0) is 32.0 Å². The summed E-state index contributed by atoms with van der Waals surface area (Å²) in [5.41, 5.74) is 0.128. The number of nitrogens with zero attached hydrogens (tertiary/aromatic N) is 2. The Bertz CT molecular complexity index is 752.